The van der Waals surface area contributed by atoms with Crippen LogP contribution in [0.15, 0.2) is 47.1 Å². The average Bonchev–Trinajstić information content (AvgIpc) is 3.59. The third-order valence-corrected chi connectivity index (χ3v) is 9.13. The maximum absolute atomic E-state index is 13.4. The van der Waals surface area contributed by atoms with Crippen molar-refractivity contribution >= 4 is 50.9 Å². The van der Waals surface area contributed by atoms with E-state index in [0.29, 0.717) is 48.8 Å². The lowest BCUT2D eigenvalue weighted by Crippen LogP contribution is -2.45. The van der Waals surface area contributed by atoms with Crippen molar-refractivity contribution in [3.63, 3.8) is 0 Å². The van der Waals surface area contributed by atoms with Crippen LogP contribution in [0.1, 0.15) is 49.0 Å². The summed E-state index contributed by atoms with van der Waals surface area (Å²) in [7, 11) is 0. The lowest BCUT2D eigenvalue weighted by molar-refractivity contribution is -0.139. The van der Waals surface area contributed by atoms with Gasteiger partial charge < -0.3 is 15.1 Å². The molecule has 3 heterocycles. The van der Waals surface area contributed by atoms with E-state index in [1.807, 2.05) is 32.0 Å². The van der Waals surface area contributed by atoms with Gasteiger partial charge in [0, 0.05) is 47.2 Å². The topological polar surface area (TPSA) is 100 Å². The summed E-state index contributed by atoms with van der Waals surface area (Å²) < 4.78 is 16.0. The van der Waals surface area contributed by atoms with Crippen LogP contribution in [-0.4, -0.2) is 57.2 Å². The number of hydrogen-bond acceptors (Lipinski definition) is 5. The summed E-state index contributed by atoms with van der Waals surface area (Å²) in [6.07, 6.45) is 3.04. The molecule has 2 atom stereocenters. The molecular weight excluding hydrogens is 615 g/mol. The van der Waals surface area contributed by atoms with Gasteiger partial charge in [-0.2, -0.15) is 0 Å². The Morgan fingerprint density at radius 1 is 1.17 bits per heavy atom. The second kappa shape index (κ2) is 12.3. The Balaban J connectivity index is 1.09. The van der Waals surface area contributed by atoms with Crippen LogP contribution in [0.2, 0.25) is 5.02 Å². The molecule has 216 valence electrons. The Morgan fingerprint density at radius 3 is 2.63 bits per heavy atom. The molecule has 2 fully saturated rings. The Morgan fingerprint density at radius 2 is 1.93 bits per heavy atom. The fourth-order valence-electron chi connectivity index (χ4n) is 5.43. The Labute approximate surface area is 251 Å². The highest BCUT2D eigenvalue weighted by Gasteiger charge is 2.38. The molecule has 0 bridgehead atoms. The van der Waals surface area contributed by atoms with Crippen LogP contribution in [0.25, 0.3) is 0 Å². The molecule has 1 unspecified atom stereocenters. The van der Waals surface area contributed by atoms with Crippen LogP contribution in [0.5, 0.6) is 0 Å². The molecule has 1 N–H and O–H groups in total. The van der Waals surface area contributed by atoms with Gasteiger partial charge in [0.2, 0.25) is 17.7 Å². The van der Waals surface area contributed by atoms with Gasteiger partial charge in [-0.15, -0.1) is 5.10 Å². The van der Waals surface area contributed by atoms with E-state index in [1.165, 1.54) is 12.1 Å². The zero-order valence-electron chi connectivity index (χ0n) is 22.8. The van der Waals surface area contributed by atoms with Crippen molar-refractivity contribution in [1.29, 1.82) is 0 Å². The van der Waals surface area contributed by atoms with Gasteiger partial charge in [0.15, 0.2) is 0 Å². The first-order valence-electron chi connectivity index (χ1n) is 13.6. The van der Waals surface area contributed by atoms with Crippen LogP contribution < -0.4 is 10.2 Å². The second-order valence-corrected chi connectivity index (χ2v) is 11.9. The van der Waals surface area contributed by atoms with Crippen molar-refractivity contribution in [3.8, 4) is 0 Å². The van der Waals surface area contributed by atoms with Crippen molar-refractivity contribution in [3.05, 3.63) is 74.7 Å². The number of carbonyl (C=O) groups excluding carboxylic acids is 3. The van der Waals surface area contributed by atoms with Gasteiger partial charge in [-0.1, -0.05) is 38.8 Å². The number of carbonyl (C=O) groups is 3. The van der Waals surface area contributed by atoms with E-state index in [4.69, 9.17) is 11.6 Å². The van der Waals surface area contributed by atoms with E-state index < -0.39 is 5.82 Å². The smallest absolute Gasteiger partial charge is 0.228 e. The van der Waals surface area contributed by atoms with Gasteiger partial charge in [0.25, 0.3) is 0 Å². The molecule has 41 heavy (non-hydrogen) atoms. The lowest BCUT2D eigenvalue weighted by atomic mass is 9.94. The molecule has 3 amide bonds. The van der Waals surface area contributed by atoms with Crippen LogP contribution in [0, 0.1) is 24.6 Å². The summed E-state index contributed by atoms with van der Waals surface area (Å²) in [5, 5.41) is 11.5. The molecule has 12 heteroatoms. The first kappa shape index (κ1) is 29.2. The van der Waals surface area contributed by atoms with Crippen LogP contribution in [0.4, 0.5) is 10.1 Å². The molecule has 2 aromatic carbocycles. The van der Waals surface area contributed by atoms with Crippen molar-refractivity contribution in [2.24, 2.45) is 11.8 Å². The Hall–Kier alpha value is -3.31. The number of piperidine rings is 1. The zero-order chi connectivity index (χ0) is 29.3. The first-order chi connectivity index (χ1) is 19.6. The number of benzene rings is 2. The van der Waals surface area contributed by atoms with E-state index in [0.717, 1.165) is 15.7 Å². The highest BCUT2D eigenvalue weighted by Crippen LogP contribution is 2.30. The summed E-state index contributed by atoms with van der Waals surface area (Å²) in [5.41, 5.74) is 3.13. The molecule has 0 radical (unpaired) electrons. The molecule has 0 aliphatic carbocycles. The van der Waals surface area contributed by atoms with E-state index >= 15 is 0 Å². The number of rotatable bonds is 7. The molecule has 5 rings (SSSR count). The number of halogens is 3. The number of nitrogens with zero attached hydrogens (tertiary/aromatic N) is 5. The van der Waals surface area contributed by atoms with Crippen molar-refractivity contribution in [1.82, 2.24) is 25.2 Å². The predicted molar refractivity (Wildman–Crippen MR) is 156 cm³/mol. The SMILES string of the molecule is Cc1cc(N2CC(C(=O)N3CCC(C(=O)NCc4cn([C@@H](C)c5ccc(F)cc5Cl)nn4)CC3)CC2=O)ccc1Br. The van der Waals surface area contributed by atoms with Gasteiger partial charge in [-0.05, 0) is 68.1 Å². The Kier molecular flexibility index (Phi) is 8.74. The summed E-state index contributed by atoms with van der Waals surface area (Å²) in [6.45, 7) is 5.39. The number of nitrogens with one attached hydrogen (secondary N) is 1. The number of hydrogen-bond donors (Lipinski definition) is 1. The van der Waals surface area contributed by atoms with Gasteiger partial charge in [-0.25, -0.2) is 9.07 Å². The van der Waals surface area contributed by atoms with Crippen molar-refractivity contribution in [2.75, 3.05) is 24.5 Å². The largest absolute Gasteiger partial charge is 0.350 e. The van der Waals surface area contributed by atoms with Gasteiger partial charge in [-0.3, -0.25) is 14.4 Å². The zero-order valence-corrected chi connectivity index (χ0v) is 25.2. The predicted octanol–water partition coefficient (Wildman–Crippen LogP) is 4.66. The summed E-state index contributed by atoms with van der Waals surface area (Å²) >= 11 is 9.66. The van der Waals surface area contributed by atoms with Gasteiger partial charge in [0.05, 0.1) is 24.7 Å². The Bertz CT molecular complexity index is 1470. The monoisotopic (exact) mass is 644 g/mol. The number of anilines is 1. The minimum atomic E-state index is -0.407. The minimum absolute atomic E-state index is 0.0273. The van der Waals surface area contributed by atoms with Crippen molar-refractivity contribution < 1.29 is 18.8 Å². The van der Waals surface area contributed by atoms with E-state index in [-0.39, 0.29) is 48.6 Å². The highest BCUT2D eigenvalue weighted by molar-refractivity contribution is 9.10. The van der Waals surface area contributed by atoms with Crippen LogP contribution in [-0.2, 0) is 20.9 Å². The summed E-state index contributed by atoms with van der Waals surface area (Å²) in [6, 6.07) is 9.71. The van der Waals surface area contributed by atoms with E-state index in [9.17, 15) is 18.8 Å². The molecule has 2 saturated heterocycles. The lowest BCUT2D eigenvalue weighted by Gasteiger charge is -2.32. The van der Waals surface area contributed by atoms with Crippen LogP contribution in [0.3, 0.4) is 0 Å². The molecular formula is C29H31BrClFN6O3. The first-order valence-corrected chi connectivity index (χ1v) is 14.8. The third kappa shape index (κ3) is 6.46. The van der Waals surface area contributed by atoms with Crippen LogP contribution >= 0.6 is 27.5 Å². The number of aryl methyl sites for hydroxylation is 1. The normalized spacial score (nSPS) is 18.6. The fraction of sp³-hybridized carbons (Fsp3) is 0.414. The summed E-state index contributed by atoms with van der Waals surface area (Å²) in [5.74, 6) is -1.17. The number of amides is 3. The molecule has 2 aliphatic heterocycles. The fourth-order valence-corrected chi connectivity index (χ4v) is 6.00. The quantitative estimate of drug-likeness (QED) is 0.403. The molecule has 3 aromatic rings. The molecule has 9 nitrogen and oxygen atoms in total. The number of likely N-dealkylation sites (tertiary alicyclic amines) is 1. The highest BCUT2D eigenvalue weighted by atomic mass is 79.9. The van der Waals surface area contributed by atoms with E-state index in [1.54, 1.807) is 26.7 Å². The molecule has 0 spiro atoms. The number of aromatic nitrogens is 3. The van der Waals surface area contributed by atoms with Crippen molar-refractivity contribution in [2.45, 2.75) is 45.7 Å². The maximum atomic E-state index is 13.4. The van der Waals surface area contributed by atoms with Gasteiger partial charge in [0.1, 0.15) is 11.5 Å². The second-order valence-electron chi connectivity index (χ2n) is 10.7. The third-order valence-electron chi connectivity index (χ3n) is 7.92. The molecule has 1 aromatic heterocycles. The molecule has 2 aliphatic rings. The standard InChI is InChI=1S/C29H31BrClFN6O3/c1-17-11-23(4-6-25(17)30)37-15-20(12-27(37)39)29(41)36-9-7-19(8-10-36)28(40)33-14-22-16-38(35-34-22)18(2)24-5-3-21(32)13-26(24)31/h3-6,11,13,16,18-20H,7-10,12,14-15H2,1-2H3,(H,33,40)/t18-,20?/m0/s1. The minimum Gasteiger partial charge on any atom is -0.350 e. The average molecular weight is 646 g/mol. The van der Waals surface area contributed by atoms with Gasteiger partial charge >= 0.3 is 0 Å². The summed E-state index contributed by atoms with van der Waals surface area (Å²) in [4.78, 5) is 42.3. The maximum Gasteiger partial charge on any atom is 0.228 e. The molecule has 0 saturated carbocycles. The van der Waals surface area contributed by atoms with E-state index in [2.05, 4.69) is 31.6 Å².